The third-order valence-corrected chi connectivity index (χ3v) is 2.89. The molecule has 3 rings (SSSR count). The molecule has 0 saturated heterocycles. The SMILES string of the molecule is COC(=O)c1cccc(Oc2cc3cc[nH]c3cn2)c1. The highest BCUT2D eigenvalue weighted by atomic mass is 16.5. The highest BCUT2D eigenvalue weighted by Crippen LogP contribution is 2.23. The summed E-state index contributed by atoms with van der Waals surface area (Å²) in [5.41, 5.74) is 1.38. The summed E-state index contributed by atoms with van der Waals surface area (Å²) in [6.07, 6.45) is 3.54. The Morgan fingerprint density at radius 1 is 1.25 bits per heavy atom. The molecule has 0 amide bonds. The van der Waals surface area contributed by atoms with Gasteiger partial charge in [-0.1, -0.05) is 6.07 Å². The van der Waals surface area contributed by atoms with Gasteiger partial charge in [0.2, 0.25) is 5.88 Å². The molecule has 1 N–H and O–H groups in total. The van der Waals surface area contributed by atoms with Gasteiger partial charge in [0, 0.05) is 17.6 Å². The molecule has 2 heterocycles. The quantitative estimate of drug-likeness (QED) is 0.741. The fourth-order valence-electron chi connectivity index (χ4n) is 1.91. The van der Waals surface area contributed by atoms with Crippen LogP contribution in [0, 0.1) is 0 Å². The Morgan fingerprint density at radius 2 is 2.15 bits per heavy atom. The number of aromatic amines is 1. The minimum absolute atomic E-state index is 0.399. The monoisotopic (exact) mass is 268 g/mol. The molecule has 5 nitrogen and oxygen atoms in total. The summed E-state index contributed by atoms with van der Waals surface area (Å²) in [5, 5.41) is 1.01. The first kappa shape index (κ1) is 12.2. The molecule has 0 atom stereocenters. The average molecular weight is 268 g/mol. The number of esters is 1. The summed E-state index contributed by atoms with van der Waals surface area (Å²) in [5.74, 6) is 0.610. The number of ether oxygens (including phenoxy) is 2. The van der Waals surface area contributed by atoms with E-state index in [9.17, 15) is 4.79 Å². The average Bonchev–Trinajstić information content (AvgIpc) is 2.94. The van der Waals surface area contributed by atoms with Crippen LogP contribution in [-0.4, -0.2) is 23.0 Å². The molecular formula is C15H12N2O3. The van der Waals surface area contributed by atoms with Gasteiger partial charge >= 0.3 is 5.97 Å². The van der Waals surface area contributed by atoms with Crippen LogP contribution in [0.3, 0.4) is 0 Å². The van der Waals surface area contributed by atoms with Crippen molar-refractivity contribution in [2.75, 3.05) is 7.11 Å². The molecular weight excluding hydrogens is 256 g/mol. The van der Waals surface area contributed by atoms with Gasteiger partial charge in [-0.05, 0) is 24.3 Å². The minimum atomic E-state index is -0.399. The zero-order chi connectivity index (χ0) is 13.9. The number of hydrogen-bond donors (Lipinski definition) is 1. The van der Waals surface area contributed by atoms with E-state index in [0.717, 1.165) is 10.9 Å². The number of hydrogen-bond acceptors (Lipinski definition) is 4. The molecule has 2 aromatic heterocycles. The van der Waals surface area contributed by atoms with Crippen molar-refractivity contribution in [2.24, 2.45) is 0 Å². The number of carbonyl (C=O) groups is 1. The first-order valence-corrected chi connectivity index (χ1v) is 6.05. The van der Waals surface area contributed by atoms with Crippen LogP contribution in [-0.2, 0) is 4.74 Å². The van der Waals surface area contributed by atoms with E-state index in [4.69, 9.17) is 4.74 Å². The highest BCUT2D eigenvalue weighted by molar-refractivity contribution is 5.89. The number of H-pyrrole nitrogens is 1. The number of nitrogens with one attached hydrogen (secondary N) is 1. The lowest BCUT2D eigenvalue weighted by Gasteiger charge is -2.06. The number of carbonyl (C=O) groups excluding carboxylic acids is 1. The van der Waals surface area contributed by atoms with Crippen molar-refractivity contribution in [3.8, 4) is 11.6 Å². The van der Waals surface area contributed by atoms with Crippen LogP contribution in [0.4, 0.5) is 0 Å². The summed E-state index contributed by atoms with van der Waals surface area (Å²) in [6.45, 7) is 0. The standard InChI is InChI=1S/C15H12N2O3/c1-19-15(18)11-3-2-4-12(7-11)20-14-8-10-5-6-16-13(10)9-17-14/h2-9,16H,1H3. The number of aromatic nitrogens is 2. The van der Waals surface area contributed by atoms with Crippen LogP contribution >= 0.6 is 0 Å². The molecule has 1 aromatic carbocycles. The smallest absolute Gasteiger partial charge is 0.337 e. The minimum Gasteiger partial charge on any atom is -0.465 e. The summed E-state index contributed by atoms with van der Waals surface area (Å²) < 4.78 is 10.3. The normalized spacial score (nSPS) is 10.4. The molecule has 0 spiro atoms. The van der Waals surface area contributed by atoms with E-state index in [0.29, 0.717) is 17.2 Å². The van der Waals surface area contributed by atoms with E-state index in [1.807, 2.05) is 18.3 Å². The zero-order valence-corrected chi connectivity index (χ0v) is 10.8. The van der Waals surface area contributed by atoms with Gasteiger partial charge in [-0.3, -0.25) is 0 Å². The van der Waals surface area contributed by atoms with Crippen LogP contribution in [0.5, 0.6) is 11.6 Å². The maximum Gasteiger partial charge on any atom is 0.337 e. The second-order valence-electron chi connectivity index (χ2n) is 4.21. The molecule has 0 aliphatic carbocycles. The molecule has 0 saturated carbocycles. The summed E-state index contributed by atoms with van der Waals surface area (Å²) in [6, 6.07) is 10.5. The third-order valence-electron chi connectivity index (χ3n) is 2.89. The summed E-state index contributed by atoms with van der Waals surface area (Å²) >= 11 is 0. The number of rotatable bonds is 3. The molecule has 5 heteroatoms. The lowest BCUT2D eigenvalue weighted by molar-refractivity contribution is 0.0600. The van der Waals surface area contributed by atoms with E-state index in [-0.39, 0.29) is 0 Å². The largest absolute Gasteiger partial charge is 0.465 e. The van der Waals surface area contributed by atoms with Crippen molar-refractivity contribution in [1.82, 2.24) is 9.97 Å². The van der Waals surface area contributed by atoms with Crippen LogP contribution in [0.2, 0.25) is 0 Å². The molecule has 20 heavy (non-hydrogen) atoms. The van der Waals surface area contributed by atoms with Crippen LogP contribution < -0.4 is 4.74 Å². The lowest BCUT2D eigenvalue weighted by Crippen LogP contribution is -2.00. The van der Waals surface area contributed by atoms with Crippen LogP contribution in [0.1, 0.15) is 10.4 Å². The van der Waals surface area contributed by atoms with Crippen molar-refractivity contribution in [2.45, 2.75) is 0 Å². The van der Waals surface area contributed by atoms with Gasteiger partial charge in [-0.25, -0.2) is 9.78 Å². The molecule has 0 aliphatic rings. The number of methoxy groups -OCH3 is 1. The zero-order valence-electron chi connectivity index (χ0n) is 10.8. The Labute approximate surface area is 115 Å². The predicted molar refractivity (Wildman–Crippen MR) is 73.9 cm³/mol. The Bertz CT molecular complexity index is 764. The molecule has 100 valence electrons. The van der Waals surface area contributed by atoms with Gasteiger partial charge < -0.3 is 14.5 Å². The van der Waals surface area contributed by atoms with Crippen molar-refractivity contribution >= 4 is 16.9 Å². The predicted octanol–water partition coefficient (Wildman–Crippen LogP) is 3.14. The maximum atomic E-state index is 11.5. The van der Waals surface area contributed by atoms with Crippen molar-refractivity contribution < 1.29 is 14.3 Å². The van der Waals surface area contributed by atoms with E-state index < -0.39 is 5.97 Å². The molecule has 0 bridgehead atoms. The summed E-state index contributed by atoms with van der Waals surface area (Å²) in [4.78, 5) is 18.7. The van der Waals surface area contributed by atoms with Gasteiger partial charge in [-0.2, -0.15) is 0 Å². The first-order valence-electron chi connectivity index (χ1n) is 6.05. The molecule has 0 unspecified atom stereocenters. The highest BCUT2D eigenvalue weighted by Gasteiger charge is 2.07. The number of fused-ring (bicyclic) bond motifs is 1. The Kier molecular flexibility index (Phi) is 3.09. The van der Waals surface area contributed by atoms with E-state index in [1.165, 1.54) is 7.11 Å². The first-order chi connectivity index (χ1) is 9.76. The number of pyridine rings is 1. The molecule has 0 radical (unpaired) electrons. The van der Waals surface area contributed by atoms with Crippen molar-refractivity contribution in [1.29, 1.82) is 0 Å². The van der Waals surface area contributed by atoms with Crippen molar-refractivity contribution in [3.05, 3.63) is 54.4 Å². The van der Waals surface area contributed by atoms with E-state index >= 15 is 0 Å². The molecule has 0 aliphatic heterocycles. The van der Waals surface area contributed by atoms with Crippen LogP contribution in [0.25, 0.3) is 10.9 Å². The second-order valence-corrected chi connectivity index (χ2v) is 4.21. The Hall–Kier alpha value is -2.82. The topological polar surface area (TPSA) is 64.2 Å². The van der Waals surface area contributed by atoms with Gasteiger partial charge in [-0.15, -0.1) is 0 Å². The van der Waals surface area contributed by atoms with Gasteiger partial charge in [0.15, 0.2) is 0 Å². The molecule has 0 fully saturated rings. The Balaban J connectivity index is 1.88. The Morgan fingerprint density at radius 3 is 3.00 bits per heavy atom. The lowest BCUT2D eigenvalue weighted by atomic mass is 10.2. The second kappa shape index (κ2) is 5.05. The van der Waals surface area contributed by atoms with E-state index in [1.54, 1.807) is 30.5 Å². The fraction of sp³-hybridized carbons (Fsp3) is 0.0667. The molecule has 3 aromatic rings. The van der Waals surface area contributed by atoms with E-state index in [2.05, 4.69) is 14.7 Å². The van der Waals surface area contributed by atoms with Gasteiger partial charge in [0.1, 0.15) is 5.75 Å². The maximum absolute atomic E-state index is 11.5. The van der Waals surface area contributed by atoms with Gasteiger partial charge in [0.05, 0.1) is 24.4 Å². The fourth-order valence-corrected chi connectivity index (χ4v) is 1.91. The number of nitrogens with zero attached hydrogens (tertiary/aromatic N) is 1. The van der Waals surface area contributed by atoms with Crippen molar-refractivity contribution in [3.63, 3.8) is 0 Å². The third kappa shape index (κ3) is 2.33. The number of benzene rings is 1. The van der Waals surface area contributed by atoms with Gasteiger partial charge in [0.25, 0.3) is 0 Å². The van der Waals surface area contributed by atoms with Crippen LogP contribution in [0.15, 0.2) is 48.8 Å². The summed E-state index contributed by atoms with van der Waals surface area (Å²) in [7, 11) is 1.34.